The molecule has 1 heterocycles. The van der Waals surface area contributed by atoms with Gasteiger partial charge in [0.15, 0.2) is 0 Å². The molecule has 0 radical (unpaired) electrons. The number of nitrogens with one attached hydrogen (secondary N) is 1. The third-order valence-corrected chi connectivity index (χ3v) is 4.42. The molecule has 0 spiro atoms. The zero-order valence-electron chi connectivity index (χ0n) is 9.95. The first-order valence-electron chi connectivity index (χ1n) is 5.36. The third kappa shape index (κ3) is 2.97. The second kappa shape index (κ2) is 5.59. The Morgan fingerprint density at radius 3 is 2.60 bits per heavy atom. The lowest BCUT2D eigenvalue weighted by atomic mass is 10.2. The Labute approximate surface area is 123 Å². The maximum Gasteiger partial charge on any atom is 0.337 e. The molecule has 0 fully saturated rings. The smallest absolute Gasteiger partial charge is 0.337 e. The summed E-state index contributed by atoms with van der Waals surface area (Å²) in [6.07, 6.45) is 2.62. The summed E-state index contributed by atoms with van der Waals surface area (Å²) < 4.78 is 26.9. The number of nitrogens with zero attached hydrogens (tertiary/aromatic N) is 1. The highest BCUT2D eigenvalue weighted by Gasteiger charge is 2.20. The lowest BCUT2D eigenvalue weighted by Crippen LogP contribution is -2.16. The number of anilines is 1. The molecular weight excluding hydrogens is 348 g/mol. The number of para-hydroxylation sites is 1. The van der Waals surface area contributed by atoms with E-state index in [-0.39, 0.29) is 16.1 Å². The van der Waals surface area contributed by atoms with Crippen molar-refractivity contribution in [2.45, 2.75) is 4.90 Å². The van der Waals surface area contributed by atoms with E-state index in [2.05, 4.69) is 25.6 Å². The van der Waals surface area contributed by atoms with Gasteiger partial charge in [-0.05, 0) is 40.2 Å². The Morgan fingerprint density at radius 2 is 2.00 bits per heavy atom. The number of carboxylic acid groups (broad SMARTS) is 1. The van der Waals surface area contributed by atoms with Crippen molar-refractivity contribution in [1.29, 1.82) is 0 Å². The van der Waals surface area contributed by atoms with E-state index in [4.69, 9.17) is 5.11 Å². The molecule has 0 aliphatic carbocycles. The number of sulfonamides is 1. The van der Waals surface area contributed by atoms with E-state index in [9.17, 15) is 13.2 Å². The summed E-state index contributed by atoms with van der Waals surface area (Å²) >= 11 is 3.13. The van der Waals surface area contributed by atoms with Crippen molar-refractivity contribution in [3.05, 3.63) is 52.8 Å². The van der Waals surface area contributed by atoms with Crippen LogP contribution in [0.2, 0.25) is 0 Å². The number of hydrogen-bond donors (Lipinski definition) is 2. The molecule has 0 amide bonds. The fourth-order valence-electron chi connectivity index (χ4n) is 1.51. The van der Waals surface area contributed by atoms with Crippen LogP contribution in [0, 0.1) is 0 Å². The first kappa shape index (κ1) is 14.5. The predicted octanol–water partition coefficient (Wildman–Crippen LogP) is 2.34. The highest BCUT2D eigenvalue weighted by molar-refractivity contribution is 9.10. The molecule has 6 nitrogen and oxygen atoms in total. The number of halogens is 1. The fraction of sp³-hybridized carbons (Fsp3) is 0. The van der Waals surface area contributed by atoms with Crippen LogP contribution in [0.3, 0.4) is 0 Å². The molecule has 0 saturated heterocycles. The van der Waals surface area contributed by atoms with Gasteiger partial charge < -0.3 is 5.11 Å². The average molecular weight is 357 g/mol. The van der Waals surface area contributed by atoms with Gasteiger partial charge in [0.25, 0.3) is 10.0 Å². The minimum Gasteiger partial charge on any atom is -0.478 e. The standard InChI is InChI=1S/C12H9BrN2O4S/c13-10-5-1-4-9(12(16)17)11(10)15-20(18,19)8-3-2-6-14-7-8/h1-7,15H,(H,16,17). The summed E-state index contributed by atoms with van der Waals surface area (Å²) in [5.74, 6) is -1.23. The highest BCUT2D eigenvalue weighted by atomic mass is 79.9. The molecule has 0 unspecified atom stereocenters. The Bertz CT molecular complexity index is 747. The molecule has 2 aromatic rings. The van der Waals surface area contributed by atoms with Crippen LogP contribution in [-0.4, -0.2) is 24.5 Å². The largest absolute Gasteiger partial charge is 0.478 e. The number of hydrogen-bond acceptors (Lipinski definition) is 4. The molecule has 0 aliphatic rings. The minimum atomic E-state index is -3.90. The predicted molar refractivity (Wildman–Crippen MR) is 76.1 cm³/mol. The molecule has 104 valence electrons. The maximum absolute atomic E-state index is 12.2. The molecular formula is C12H9BrN2O4S. The number of rotatable bonds is 4. The van der Waals surface area contributed by atoms with Crippen LogP contribution in [0.15, 0.2) is 52.1 Å². The van der Waals surface area contributed by atoms with Crippen LogP contribution in [0.25, 0.3) is 0 Å². The second-order valence-electron chi connectivity index (χ2n) is 3.76. The van der Waals surface area contributed by atoms with E-state index < -0.39 is 16.0 Å². The van der Waals surface area contributed by atoms with Crippen molar-refractivity contribution >= 4 is 37.6 Å². The fourth-order valence-corrected chi connectivity index (χ4v) is 3.17. The van der Waals surface area contributed by atoms with Gasteiger partial charge in [0, 0.05) is 16.9 Å². The van der Waals surface area contributed by atoms with E-state index >= 15 is 0 Å². The molecule has 8 heteroatoms. The SMILES string of the molecule is O=C(O)c1cccc(Br)c1NS(=O)(=O)c1cccnc1. The molecule has 0 saturated carbocycles. The number of pyridine rings is 1. The summed E-state index contributed by atoms with van der Waals surface area (Å²) in [5.41, 5.74) is -0.171. The molecule has 0 atom stereocenters. The van der Waals surface area contributed by atoms with Crippen LogP contribution >= 0.6 is 15.9 Å². The molecule has 2 rings (SSSR count). The molecule has 20 heavy (non-hydrogen) atoms. The highest BCUT2D eigenvalue weighted by Crippen LogP contribution is 2.28. The second-order valence-corrected chi connectivity index (χ2v) is 6.30. The normalized spacial score (nSPS) is 11.1. The molecule has 0 bridgehead atoms. The Balaban J connectivity index is 2.48. The first-order valence-corrected chi connectivity index (χ1v) is 7.64. The summed E-state index contributed by atoms with van der Waals surface area (Å²) in [7, 11) is -3.90. The zero-order chi connectivity index (χ0) is 14.8. The Morgan fingerprint density at radius 1 is 1.25 bits per heavy atom. The van der Waals surface area contributed by atoms with Gasteiger partial charge in [-0.3, -0.25) is 9.71 Å². The summed E-state index contributed by atoms with van der Waals surface area (Å²) in [6.45, 7) is 0. The van der Waals surface area contributed by atoms with Crippen LogP contribution < -0.4 is 4.72 Å². The lowest BCUT2D eigenvalue weighted by molar-refractivity contribution is 0.0698. The number of aromatic nitrogens is 1. The number of aromatic carboxylic acids is 1. The van der Waals surface area contributed by atoms with Gasteiger partial charge in [-0.1, -0.05) is 6.07 Å². The van der Waals surface area contributed by atoms with E-state index in [0.29, 0.717) is 4.47 Å². The quantitative estimate of drug-likeness (QED) is 0.876. The lowest BCUT2D eigenvalue weighted by Gasteiger charge is -2.12. The number of benzene rings is 1. The van der Waals surface area contributed by atoms with Gasteiger partial charge in [-0.25, -0.2) is 13.2 Å². The summed E-state index contributed by atoms with van der Waals surface area (Å²) in [6, 6.07) is 7.22. The van der Waals surface area contributed by atoms with Crippen molar-refractivity contribution in [2.24, 2.45) is 0 Å². The third-order valence-electron chi connectivity index (χ3n) is 2.43. The molecule has 1 aromatic carbocycles. The molecule has 1 aromatic heterocycles. The Kier molecular flexibility index (Phi) is 4.05. The van der Waals surface area contributed by atoms with E-state index in [1.54, 1.807) is 6.07 Å². The van der Waals surface area contributed by atoms with Gasteiger partial charge in [-0.2, -0.15) is 0 Å². The van der Waals surface area contributed by atoms with Gasteiger partial charge >= 0.3 is 5.97 Å². The van der Waals surface area contributed by atoms with Gasteiger partial charge in [-0.15, -0.1) is 0 Å². The van der Waals surface area contributed by atoms with Crippen molar-refractivity contribution in [3.63, 3.8) is 0 Å². The van der Waals surface area contributed by atoms with Gasteiger partial charge in [0.05, 0.1) is 11.3 Å². The zero-order valence-corrected chi connectivity index (χ0v) is 12.3. The minimum absolute atomic E-state index is 0.0242. The van der Waals surface area contributed by atoms with Crippen molar-refractivity contribution < 1.29 is 18.3 Å². The van der Waals surface area contributed by atoms with Crippen molar-refractivity contribution in [2.75, 3.05) is 4.72 Å². The summed E-state index contributed by atoms with van der Waals surface area (Å²) in [4.78, 5) is 14.8. The number of carboxylic acids is 1. The average Bonchev–Trinajstić information content (AvgIpc) is 2.41. The molecule has 0 aliphatic heterocycles. The van der Waals surface area contributed by atoms with Crippen molar-refractivity contribution in [1.82, 2.24) is 4.98 Å². The van der Waals surface area contributed by atoms with Crippen LogP contribution in [-0.2, 0) is 10.0 Å². The van der Waals surface area contributed by atoms with E-state index in [1.807, 2.05) is 0 Å². The first-order chi connectivity index (χ1) is 9.42. The van der Waals surface area contributed by atoms with Crippen LogP contribution in [0.1, 0.15) is 10.4 Å². The van der Waals surface area contributed by atoms with Crippen LogP contribution in [0.4, 0.5) is 5.69 Å². The molecule has 2 N–H and O–H groups in total. The van der Waals surface area contributed by atoms with Crippen molar-refractivity contribution in [3.8, 4) is 0 Å². The Hall–Kier alpha value is -1.93. The van der Waals surface area contributed by atoms with E-state index in [0.717, 1.165) is 0 Å². The summed E-state index contributed by atoms with van der Waals surface area (Å²) in [5, 5.41) is 9.09. The van der Waals surface area contributed by atoms with Gasteiger partial charge in [0.2, 0.25) is 0 Å². The van der Waals surface area contributed by atoms with Gasteiger partial charge in [0.1, 0.15) is 4.90 Å². The maximum atomic E-state index is 12.2. The topological polar surface area (TPSA) is 96.4 Å². The monoisotopic (exact) mass is 356 g/mol. The number of carbonyl (C=O) groups is 1. The van der Waals surface area contributed by atoms with E-state index in [1.165, 1.54) is 36.7 Å². The van der Waals surface area contributed by atoms with Crippen LogP contribution in [0.5, 0.6) is 0 Å².